The van der Waals surface area contributed by atoms with Crippen LogP contribution in [0, 0.1) is 11.8 Å². The minimum Gasteiger partial charge on any atom is -0.342 e. The number of piperazine rings is 1. The molecule has 0 aliphatic carbocycles. The van der Waals surface area contributed by atoms with E-state index in [1.54, 1.807) is 31.3 Å². The topological polar surface area (TPSA) is 78.0 Å². The van der Waals surface area contributed by atoms with Gasteiger partial charge in [-0.05, 0) is 36.8 Å². The number of carbonyl (C=O) groups is 4. The van der Waals surface area contributed by atoms with Crippen LogP contribution in [0.5, 0.6) is 0 Å². The molecule has 3 fully saturated rings. The average molecular weight is 485 g/mol. The minimum atomic E-state index is -4.56. The average Bonchev–Trinajstić information content (AvgIpc) is 3.20. The highest BCUT2D eigenvalue weighted by molar-refractivity contribution is 6.13. The zero-order chi connectivity index (χ0) is 25.3. The number of halogens is 3. The molecular formula is C25H22F3N3O4. The van der Waals surface area contributed by atoms with Gasteiger partial charge in [0.25, 0.3) is 5.91 Å². The maximum absolute atomic E-state index is 13.5. The predicted octanol–water partition coefficient (Wildman–Crippen LogP) is 2.56. The summed E-state index contributed by atoms with van der Waals surface area (Å²) in [5.74, 6) is -4.13. The molecule has 10 heteroatoms. The number of imide groups is 1. The number of benzene rings is 2. The van der Waals surface area contributed by atoms with Gasteiger partial charge in [-0.15, -0.1) is 0 Å². The molecule has 0 aromatic heterocycles. The van der Waals surface area contributed by atoms with Crippen LogP contribution in [0.4, 0.5) is 13.2 Å². The summed E-state index contributed by atoms with van der Waals surface area (Å²) in [6.07, 6.45) is -4.56. The van der Waals surface area contributed by atoms with Crippen molar-refractivity contribution in [2.24, 2.45) is 11.8 Å². The lowest BCUT2D eigenvalue weighted by Crippen LogP contribution is -2.67. The lowest BCUT2D eigenvalue weighted by molar-refractivity contribution is -0.154. The summed E-state index contributed by atoms with van der Waals surface area (Å²) in [6.45, 7) is 1.58. The van der Waals surface area contributed by atoms with Gasteiger partial charge < -0.3 is 9.80 Å². The normalized spacial score (nSPS) is 28.1. The van der Waals surface area contributed by atoms with Crippen LogP contribution in [0.2, 0.25) is 0 Å². The molecule has 3 aliphatic heterocycles. The molecule has 0 saturated carbocycles. The Morgan fingerprint density at radius 3 is 2.23 bits per heavy atom. The minimum absolute atomic E-state index is 0.0418. The second kappa shape index (κ2) is 7.66. The molecule has 4 amide bonds. The molecule has 5 rings (SSSR count). The molecule has 2 aromatic rings. The molecule has 182 valence electrons. The standard InChI is InChI=1S/C25H22F3N3O4/c1-24-19-18(21(33)30(22(19)34)12-14-6-4-3-5-7-14)17(13-29(2)23(24)35)31(24)20(32)15-8-10-16(11-9-15)25(26,27)28/h3-11,17-19H,12-13H2,1-2H3/t17?,18?,19?,24-/m1/s1. The number of hydrogen-bond acceptors (Lipinski definition) is 4. The number of rotatable bonds is 3. The monoisotopic (exact) mass is 485 g/mol. The molecule has 3 unspecified atom stereocenters. The SMILES string of the molecule is CN1CC2C3C(=O)N(Cc4ccccc4)C(=O)C3[C@](C)(C1=O)N2C(=O)c1ccc(C(F)(F)F)cc1. The van der Waals surface area contributed by atoms with E-state index in [1.807, 2.05) is 6.07 Å². The number of carbonyl (C=O) groups excluding carboxylic acids is 4. The fraction of sp³-hybridized carbons (Fsp3) is 0.360. The van der Waals surface area contributed by atoms with Gasteiger partial charge in [0.2, 0.25) is 17.7 Å². The first-order chi connectivity index (χ1) is 16.5. The fourth-order valence-electron chi connectivity index (χ4n) is 5.79. The van der Waals surface area contributed by atoms with Gasteiger partial charge in [0, 0.05) is 19.2 Å². The molecule has 35 heavy (non-hydrogen) atoms. The Labute approximate surface area is 199 Å². The quantitative estimate of drug-likeness (QED) is 0.627. The van der Waals surface area contributed by atoms with E-state index in [0.29, 0.717) is 0 Å². The molecule has 0 N–H and O–H groups in total. The van der Waals surface area contributed by atoms with Crippen molar-refractivity contribution in [2.75, 3.05) is 13.6 Å². The number of likely N-dealkylation sites (N-methyl/N-ethyl adjacent to an activating group) is 1. The predicted molar refractivity (Wildman–Crippen MR) is 116 cm³/mol. The number of alkyl halides is 3. The molecule has 7 nitrogen and oxygen atoms in total. The van der Waals surface area contributed by atoms with Crippen molar-refractivity contribution in [3.05, 3.63) is 71.3 Å². The summed E-state index contributed by atoms with van der Waals surface area (Å²) < 4.78 is 38.9. The Kier molecular flexibility index (Phi) is 5.05. The zero-order valence-corrected chi connectivity index (χ0v) is 19.0. The van der Waals surface area contributed by atoms with Crippen LogP contribution in [0.15, 0.2) is 54.6 Å². The van der Waals surface area contributed by atoms with Crippen LogP contribution in [-0.4, -0.2) is 63.5 Å². The summed E-state index contributed by atoms with van der Waals surface area (Å²) in [6, 6.07) is 11.9. The highest BCUT2D eigenvalue weighted by Gasteiger charge is 2.73. The maximum Gasteiger partial charge on any atom is 0.416 e. The third-order valence-corrected chi connectivity index (χ3v) is 7.40. The van der Waals surface area contributed by atoms with E-state index in [2.05, 4.69) is 0 Å². The number of nitrogens with zero attached hydrogens (tertiary/aromatic N) is 3. The molecule has 3 aliphatic rings. The first-order valence-electron chi connectivity index (χ1n) is 11.1. The Morgan fingerprint density at radius 1 is 1.00 bits per heavy atom. The molecule has 0 spiro atoms. The molecule has 3 saturated heterocycles. The first kappa shape index (κ1) is 23.1. The number of likely N-dealkylation sites (tertiary alicyclic amines) is 2. The lowest BCUT2D eigenvalue weighted by atomic mass is 9.81. The smallest absolute Gasteiger partial charge is 0.342 e. The first-order valence-corrected chi connectivity index (χ1v) is 11.1. The zero-order valence-electron chi connectivity index (χ0n) is 19.0. The van der Waals surface area contributed by atoms with E-state index in [0.717, 1.165) is 34.7 Å². The molecule has 2 aromatic carbocycles. The van der Waals surface area contributed by atoms with E-state index in [1.165, 1.54) is 16.7 Å². The van der Waals surface area contributed by atoms with E-state index in [9.17, 15) is 32.3 Å². The van der Waals surface area contributed by atoms with Gasteiger partial charge in [0.1, 0.15) is 5.54 Å². The van der Waals surface area contributed by atoms with Gasteiger partial charge in [-0.2, -0.15) is 13.2 Å². The summed E-state index contributed by atoms with van der Waals surface area (Å²) in [7, 11) is 1.55. The molecule has 0 radical (unpaired) electrons. The number of fused-ring (bicyclic) bond motifs is 5. The second-order valence-corrected chi connectivity index (χ2v) is 9.40. The van der Waals surface area contributed by atoms with Gasteiger partial charge in [-0.25, -0.2) is 0 Å². The van der Waals surface area contributed by atoms with Crippen molar-refractivity contribution in [3.8, 4) is 0 Å². The summed E-state index contributed by atoms with van der Waals surface area (Å²) >= 11 is 0. The van der Waals surface area contributed by atoms with Crippen LogP contribution in [0.1, 0.15) is 28.4 Å². The Bertz CT molecular complexity index is 1230. The van der Waals surface area contributed by atoms with Crippen molar-refractivity contribution in [3.63, 3.8) is 0 Å². The van der Waals surface area contributed by atoms with E-state index in [4.69, 9.17) is 0 Å². The highest BCUT2D eigenvalue weighted by Crippen LogP contribution is 2.52. The van der Waals surface area contributed by atoms with E-state index < -0.39 is 58.8 Å². The van der Waals surface area contributed by atoms with Crippen molar-refractivity contribution < 1.29 is 32.3 Å². The van der Waals surface area contributed by atoms with Gasteiger partial charge in [-0.3, -0.25) is 24.1 Å². The van der Waals surface area contributed by atoms with Crippen LogP contribution >= 0.6 is 0 Å². The van der Waals surface area contributed by atoms with Crippen molar-refractivity contribution >= 4 is 23.6 Å². The third kappa shape index (κ3) is 3.26. The van der Waals surface area contributed by atoms with Gasteiger partial charge in [-0.1, -0.05) is 30.3 Å². The summed E-state index contributed by atoms with van der Waals surface area (Å²) in [5, 5.41) is 0. The van der Waals surface area contributed by atoms with Crippen LogP contribution in [0.3, 0.4) is 0 Å². The highest BCUT2D eigenvalue weighted by atomic mass is 19.4. The van der Waals surface area contributed by atoms with Crippen molar-refractivity contribution in [2.45, 2.75) is 31.2 Å². The maximum atomic E-state index is 13.5. The second-order valence-electron chi connectivity index (χ2n) is 9.40. The lowest BCUT2D eigenvalue weighted by Gasteiger charge is -2.47. The number of amides is 4. The third-order valence-electron chi connectivity index (χ3n) is 7.40. The van der Waals surface area contributed by atoms with E-state index in [-0.39, 0.29) is 18.7 Å². The Morgan fingerprint density at radius 2 is 1.63 bits per heavy atom. The fourth-order valence-corrected chi connectivity index (χ4v) is 5.79. The summed E-state index contributed by atoms with van der Waals surface area (Å²) in [5.41, 5.74) is -1.84. The van der Waals surface area contributed by atoms with Gasteiger partial charge in [0.15, 0.2) is 0 Å². The van der Waals surface area contributed by atoms with Crippen LogP contribution in [-0.2, 0) is 27.1 Å². The van der Waals surface area contributed by atoms with Crippen LogP contribution < -0.4 is 0 Å². The molecular weight excluding hydrogens is 463 g/mol. The number of hydrogen-bond donors (Lipinski definition) is 0. The largest absolute Gasteiger partial charge is 0.416 e. The van der Waals surface area contributed by atoms with E-state index >= 15 is 0 Å². The van der Waals surface area contributed by atoms with Crippen LogP contribution in [0.25, 0.3) is 0 Å². The molecule has 3 heterocycles. The Balaban J connectivity index is 1.52. The Hall–Kier alpha value is -3.69. The molecule has 2 bridgehead atoms. The van der Waals surface area contributed by atoms with Gasteiger partial charge in [0.05, 0.1) is 30.0 Å². The summed E-state index contributed by atoms with van der Waals surface area (Å²) in [4.78, 5) is 57.7. The molecule has 4 atom stereocenters. The van der Waals surface area contributed by atoms with Crippen molar-refractivity contribution in [1.29, 1.82) is 0 Å². The van der Waals surface area contributed by atoms with Crippen molar-refractivity contribution in [1.82, 2.24) is 14.7 Å². The van der Waals surface area contributed by atoms with Gasteiger partial charge >= 0.3 is 6.18 Å².